The number of halogens is 1. The first-order chi connectivity index (χ1) is 13.5. The van der Waals surface area contributed by atoms with E-state index in [4.69, 9.17) is 20.8 Å². The van der Waals surface area contributed by atoms with Crippen molar-refractivity contribution in [2.75, 3.05) is 26.0 Å². The number of carbonyl (C=O) groups excluding carboxylic acids is 1. The molecule has 7 heteroatoms. The van der Waals surface area contributed by atoms with Crippen LogP contribution in [0.1, 0.15) is 11.5 Å². The van der Waals surface area contributed by atoms with E-state index < -0.39 is 0 Å². The highest BCUT2D eigenvalue weighted by Gasteiger charge is 2.16. The SMILES string of the molecule is COc1ccc(Cl)cc1NC(=O)CN(C)Cc1nc(-c2ccccc2)oc1C. The maximum absolute atomic E-state index is 12.4. The molecular weight excluding hydrogens is 378 g/mol. The quantitative estimate of drug-likeness (QED) is 0.638. The van der Waals surface area contributed by atoms with Gasteiger partial charge in [-0.2, -0.15) is 0 Å². The lowest BCUT2D eigenvalue weighted by Gasteiger charge is -2.16. The largest absolute Gasteiger partial charge is 0.495 e. The Labute approximate surface area is 169 Å². The maximum atomic E-state index is 12.4. The molecule has 0 spiro atoms. The molecule has 0 atom stereocenters. The number of nitrogens with zero attached hydrogens (tertiary/aromatic N) is 2. The van der Waals surface area contributed by atoms with Gasteiger partial charge in [-0.3, -0.25) is 9.69 Å². The van der Waals surface area contributed by atoms with Crippen LogP contribution in [0.3, 0.4) is 0 Å². The van der Waals surface area contributed by atoms with Crippen LogP contribution in [0, 0.1) is 6.92 Å². The highest BCUT2D eigenvalue weighted by atomic mass is 35.5. The Bertz CT molecular complexity index is 957. The standard InChI is InChI=1S/C21H22ClN3O3/c1-14-18(24-21(28-14)15-7-5-4-6-8-15)12-25(2)13-20(26)23-17-11-16(22)9-10-19(17)27-3/h4-11H,12-13H2,1-3H3,(H,23,26). The summed E-state index contributed by atoms with van der Waals surface area (Å²) in [4.78, 5) is 18.8. The predicted octanol–water partition coefficient (Wildman–Crippen LogP) is 4.38. The van der Waals surface area contributed by atoms with Gasteiger partial charge < -0.3 is 14.5 Å². The Morgan fingerprint density at radius 1 is 1.25 bits per heavy atom. The maximum Gasteiger partial charge on any atom is 0.238 e. The van der Waals surface area contributed by atoms with E-state index in [1.54, 1.807) is 25.3 Å². The molecule has 0 aliphatic carbocycles. The smallest absolute Gasteiger partial charge is 0.238 e. The number of amides is 1. The number of ether oxygens (including phenoxy) is 1. The molecule has 3 aromatic rings. The summed E-state index contributed by atoms with van der Waals surface area (Å²) < 4.78 is 11.0. The molecule has 0 fully saturated rings. The fraction of sp³-hybridized carbons (Fsp3) is 0.238. The molecule has 0 bridgehead atoms. The van der Waals surface area contributed by atoms with E-state index in [0.717, 1.165) is 17.0 Å². The minimum absolute atomic E-state index is 0.174. The number of benzene rings is 2. The minimum atomic E-state index is -0.174. The van der Waals surface area contributed by atoms with Crippen LogP contribution in [0.15, 0.2) is 52.9 Å². The van der Waals surface area contributed by atoms with Gasteiger partial charge in [0, 0.05) is 17.1 Å². The van der Waals surface area contributed by atoms with Gasteiger partial charge in [-0.25, -0.2) is 4.98 Å². The molecule has 1 heterocycles. The molecule has 1 N–H and O–H groups in total. The third-order valence-corrected chi connectivity index (χ3v) is 4.42. The van der Waals surface area contributed by atoms with Gasteiger partial charge in [0.25, 0.3) is 0 Å². The van der Waals surface area contributed by atoms with E-state index in [1.165, 1.54) is 0 Å². The number of nitrogens with one attached hydrogen (secondary N) is 1. The summed E-state index contributed by atoms with van der Waals surface area (Å²) in [5, 5.41) is 3.35. The molecule has 0 saturated carbocycles. The molecule has 1 aromatic heterocycles. The summed E-state index contributed by atoms with van der Waals surface area (Å²) in [5.41, 5.74) is 2.26. The number of methoxy groups -OCH3 is 1. The lowest BCUT2D eigenvalue weighted by atomic mass is 10.2. The molecule has 1 amide bonds. The van der Waals surface area contributed by atoms with Crippen LogP contribution in [0.5, 0.6) is 5.75 Å². The predicted molar refractivity (Wildman–Crippen MR) is 110 cm³/mol. The number of carbonyl (C=O) groups is 1. The summed E-state index contributed by atoms with van der Waals surface area (Å²) in [6, 6.07) is 14.8. The molecular formula is C21H22ClN3O3. The van der Waals surface area contributed by atoms with Crippen molar-refractivity contribution in [3.05, 3.63) is 65.0 Å². The number of likely N-dealkylation sites (N-methyl/N-ethyl adjacent to an activating group) is 1. The van der Waals surface area contributed by atoms with Crippen molar-refractivity contribution >= 4 is 23.2 Å². The van der Waals surface area contributed by atoms with E-state index >= 15 is 0 Å². The molecule has 0 radical (unpaired) electrons. The third kappa shape index (κ3) is 4.91. The van der Waals surface area contributed by atoms with Crippen molar-refractivity contribution in [2.45, 2.75) is 13.5 Å². The van der Waals surface area contributed by atoms with Crippen LogP contribution < -0.4 is 10.1 Å². The molecule has 146 valence electrons. The van der Waals surface area contributed by atoms with Gasteiger partial charge in [0.2, 0.25) is 11.8 Å². The second-order valence-corrected chi connectivity index (χ2v) is 6.89. The zero-order valence-electron chi connectivity index (χ0n) is 16.0. The van der Waals surface area contributed by atoms with Gasteiger partial charge in [-0.15, -0.1) is 0 Å². The van der Waals surface area contributed by atoms with Crippen molar-refractivity contribution in [1.29, 1.82) is 0 Å². The molecule has 6 nitrogen and oxygen atoms in total. The minimum Gasteiger partial charge on any atom is -0.495 e. The fourth-order valence-corrected chi connectivity index (χ4v) is 2.98. The van der Waals surface area contributed by atoms with Crippen LogP contribution in [0.4, 0.5) is 5.69 Å². The Morgan fingerprint density at radius 2 is 2.00 bits per heavy atom. The number of aryl methyl sites for hydroxylation is 1. The molecule has 28 heavy (non-hydrogen) atoms. The monoisotopic (exact) mass is 399 g/mol. The van der Waals surface area contributed by atoms with Crippen LogP contribution in [0.25, 0.3) is 11.5 Å². The molecule has 0 saturated heterocycles. The molecule has 0 aliphatic rings. The highest BCUT2D eigenvalue weighted by molar-refractivity contribution is 6.31. The molecule has 0 unspecified atom stereocenters. The average molecular weight is 400 g/mol. The Morgan fingerprint density at radius 3 is 2.71 bits per heavy atom. The summed E-state index contributed by atoms with van der Waals surface area (Å²) in [6.07, 6.45) is 0. The first-order valence-corrected chi connectivity index (χ1v) is 9.17. The van der Waals surface area contributed by atoms with Gasteiger partial charge in [0.1, 0.15) is 11.5 Å². The van der Waals surface area contributed by atoms with Gasteiger partial charge in [-0.1, -0.05) is 29.8 Å². The zero-order chi connectivity index (χ0) is 20.1. The van der Waals surface area contributed by atoms with Crippen LogP contribution >= 0.6 is 11.6 Å². The second-order valence-electron chi connectivity index (χ2n) is 6.45. The third-order valence-electron chi connectivity index (χ3n) is 4.18. The summed E-state index contributed by atoms with van der Waals surface area (Å²) in [6.45, 7) is 2.55. The van der Waals surface area contributed by atoms with Crippen LogP contribution in [-0.4, -0.2) is 36.5 Å². The van der Waals surface area contributed by atoms with Gasteiger partial charge in [0.05, 0.1) is 25.0 Å². The van der Waals surface area contributed by atoms with Gasteiger partial charge in [-0.05, 0) is 44.3 Å². The highest BCUT2D eigenvalue weighted by Crippen LogP contribution is 2.27. The fourth-order valence-electron chi connectivity index (χ4n) is 2.80. The van der Waals surface area contributed by atoms with E-state index in [-0.39, 0.29) is 12.5 Å². The first-order valence-electron chi connectivity index (χ1n) is 8.80. The van der Waals surface area contributed by atoms with Gasteiger partial charge >= 0.3 is 0 Å². The van der Waals surface area contributed by atoms with E-state index in [9.17, 15) is 4.79 Å². The lowest BCUT2D eigenvalue weighted by molar-refractivity contribution is -0.117. The van der Waals surface area contributed by atoms with Crippen molar-refractivity contribution < 1.29 is 13.9 Å². The molecule has 3 rings (SSSR count). The Hall–Kier alpha value is -2.83. The molecule has 0 aliphatic heterocycles. The van der Waals surface area contributed by atoms with Crippen molar-refractivity contribution in [1.82, 2.24) is 9.88 Å². The Kier molecular flexibility index (Phi) is 6.34. The summed E-state index contributed by atoms with van der Waals surface area (Å²) in [7, 11) is 3.40. The van der Waals surface area contributed by atoms with Crippen molar-refractivity contribution in [3.63, 3.8) is 0 Å². The average Bonchev–Trinajstić information content (AvgIpc) is 3.03. The van der Waals surface area contributed by atoms with E-state index in [0.29, 0.717) is 28.9 Å². The second kappa shape index (κ2) is 8.91. The number of oxazole rings is 1. The topological polar surface area (TPSA) is 67.6 Å². The number of rotatable bonds is 7. The summed E-state index contributed by atoms with van der Waals surface area (Å²) in [5.74, 6) is 1.70. The lowest BCUT2D eigenvalue weighted by Crippen LogP contribution is -2.30. The van der Waals surface area contributed by atoms with Gasteiger partial charge in [0.15, 0.2) is 0 Å². The first kappa shape index (κ1) is 19.9. The normalized spacial score (nSPS) is 10.9. The summed E-state index contributed by atoms with van der Waals surface area (Å²) >= 11 is 6.00. The van der Waals surface area contributed by atoms with Crippen molar-refractivity contribution in [2.24, 2.45) is 0 Å². The van der Waals surface area contributed by atoms with Crippen molar-refractivity contribution in [3.8, 4) is 17.2 Å². The number of anilines is 1. The number of aromatic nitrogens is 1. The zero-order valence-corrected chi connectivity index (χ0v) is 16.8. The van der Waals surface area contributed by atoms with Crippen LogP contribution in [-0.2, 0) is 11.3 Å². The Balaban J connectivity index is 1.63. The molecule has 2 aromatic carbocycles. The van der Waals surface area contributed by atoms with E-state index in [1.807, 2.05) is 49.2 Å². The van der Waals surface area contributed by atoms with E-state index in [2.05, 4.69) is 10.3 Å². The number of hydrogen-bond acceptors (Lipinski definition) is 5. The van der Waals surface area contributed by atoms with Crippen LogP contribution in [0.2, 0.25) is 5.02 Å². The number of hydrogen-bond donors (Lipinski definition) is 1.